The quantitative estimate of drug-likeness (QED) is 0.594. The van der Waals surface area contributed by atoms with E-state index in [9.17, 15) is 18.0 Å². The molecule has 178 valence electrons. The lowest BCUT2D eigenvalue weighted by molar-refractivity contribution is -0.137. The molecular weight excluding hydrogens is 463 g/mol. The first-order valence-corrected chi connectivity index (χ1v) is 12.1. The predicted molar refractivity (Wildman–Crippen MR) is 125 cm³/mol. The third-order valence-corrected chi connectivity index (χ3v) is 7.40. The van der Waals surface area contributed by atoms with Gasteiger partial charge in [0.05, 0.1) is 17.5 Å². The van der Waals surface area contributed by atoms with Crippen LogP contribution in [0.4, 0.5) is 24.8 Å². The summed E-state index contributed by atoms with van der Waals surface area (Å²) in [6.07, 6.45) is -0.0810. The van der Waals surface area contributed by atoms with E-state index in [4.69, 9.17) is 0 Å². The van der Waals surface area contributed by atoms with Crippen molar-refractivity contribution >= 4 is 28.9 Å². The maximum atomic E-state index is 13.4. The van der Waals surface area contributed by atoms with Crippen LogP contribution in [0.1, 0.15) is 16.0 Å². The highest BCUT2D eigenvalue weighted by molar-refractivity contribution is 7.09. The van der Waals surface area contributed by atoms with Crippen LogP contribution in [-0.4, -0.2) is 48.1 Å². The Kier molecular flexibility index (Phi) is 6.16. The Bertz CT molecular complexity index is 1140. The molecule has 2 aromatic heterocycles. The van der Waals surface area contributed by atoms with Crippen LogP contribution in [0.15, 0.2) is 54.2 Å². The van der Waals surface area contributed by atoms with E-state index in [0.29, 0.717) is 37.7 Å². The number of carbonyl (C=O) groups excluding carboxylic acids is 1. The molecule has 1 amide bonds. The van der Waals surface area contributed by atoms with Gasteiger partial charge in [-0.3, -0.25) is 4.79 Å². The summed E-state index contributed by atoms with van der Waals surface area (Å²) in [7, 11) is 0. The van der Waals surface area contributed by atoms with Crippen molar-refractivity contribution in [2.75, 3.05) is 36.0 Å². The van der Waals surface area contributed by atoms with Gasteiger partial charge >= 0.3 is 6.18 Å². The zero-order valence-corrected chi connectivity index (χ0v) is 19.1. The fourth-order valence-electron chi connectivity index (χ4n) is 4.83. The highest BCUT2D eigenvalue weighted by atomic mass is 32.1. The van der Waals surface area contributed by atoms with Crippen molar-refractivity contribution in [1.82, 2.24) is 15.3 Å². The van der Waals surface area contributed by atoms with Gasteiger partial charge in [-0.1, -0.05) is 6.07 Å². The van der Waals surface area contributed by atoms with Gasteiger partial charge in [-0.2, -0.15) is 13.2 Å². The van der Waals surface area contributed by atoms with Gasteiger partial charge in [0.2, 0.25) is 11.9 Å². The topological polar surface area (TPSA) is 61.4 Å². The normalized spacial score (nSPS) is 20.0. The molecule has 1 fully saturated rings. The van der Waals surface area contributed by atoms with E-state index in [1.54, 1.807) is 35.9 Å². The van der Waals surface area contributed by atoms with Gasteiger partial charge in [-0.15, -0.1) is 11.3 Å². The number of fused-ring (bicyclic) bond motifs is 3. The van der Waals surface area contributed by atoms with Gasteiger partial charge < -0.3 is 15.1 Å². The van der Waals surface area contributed by atoms with Crippen molar-refractivity contribution in [3.63, 3.8) is 0 Å². The number of hydrogen-bond donors (Lipinski definition) is 1. The van der Waals surface area contributed by atoms with Crippen molar-refractivity contribution in [3.05, 3.63) is 70.2 Å². The highest BCUT2D eigenvalue weighted by Gasteiger charge is 2.43. The first-order chi connectivity index (χ1) is 16.4. The fourth-order valence-corrected chi connectivity index (χ4v) is 5.54. The number of aromatic nitrogens is 2. The number of benzene rings is 1. The summed E-state index contributed by atoms with van der Waals surface area (Å²) >= 11 is 1.63. The smallest absolute Gasteiger partial charge is 0.364 e. The lowest BCUT2D eigenvalue weighted by Gasteiger charge is -2.49. The van der Waals surface area contributed by atoms with Gasteiger partial charge in [0.25, 0.3) is 0 Å². The Labute approximate surface area is 199 Å². The summed E-state index contributed by atoms with van der Waals surface area (Å²) in [6.45, 7) is 2.20. The van der Waals surface area contributed by atoms with E-state index in [1.807, 2.05) is 22.4 Å². The number of anilines is 2. The number of nitrogens with zero attached hydrogens (tertiary/aromatic N) is 4. The van der Waals surface area contributed by atoms with Crippen molar-refractivity contribution in [1.29, 1.82) is 0 Å². The number of thiophene rings is 1. The number of carbonyl (C=O) groups is 1. The maximum absolute atomic E-state index is 13.4. The van der Waals surface area contributed by atoms with E-state index in [1.165, 1.54) is 10.9 Å². The number of hydrogen-bond acceptors (Lipinski definition) is 6. The molecule has 1 aromatic carbocycles. The van der Waals surface area contributed by atoms with E-state index < -0.39 is 17.7 Å². The summed E-state index contributed by atoms with van der Waals surface area (Å²) in [4.78, 5) is 27.3. The molecular formula is C24H24F3N5OS. The molecule has 2 aliphatic heterocycles. The van der Waals surface area contributed by atoms with Crippen LogP contribution < -0.4 is 15.1 Å². The first kappa shape index (κ1) is 22.6. The minimum absolute atomic E-state index is 0.134. The standard InChI is InChI=1S/C24H24F3N5OS/c25-24(26,27)17-4-5-20-16(13-17)14-19(22(33)28-9-6-18-3-1-12-34-18)21-15-31(10-11-32(20)21)23-29-7-2-8-30-23/h1-5,7-8,12-13,19,21H,6,9-11,14-15H2,(H,28,33)/t19-,21-/m0/s1. The highest BCUT2D eigenvalue weighted by Crippen LogP contribution is 2.40. The fraction of sp³-hybridized carbons (Fsp3) is 0.375. The molecule has 0 radical (unpaired) electrons. The lowest BCUT2D eigenvalue weighted by Crippen LogP contribution is -2.61. The number of halogens is 3. The van der Waals surface area contributed by atoms with Crippen molar-refractivity contribution in [2.45, 2.75) is 25.1 Å². The first-order valence-electron chi connectivity index (χ1n) is 11.2. The minimum atomic E-state index is -4.42. The minimum Gasteiger partial charge on any atom is -0.364 e. The Hall–Kier alpha value is -3.14. The molecule has 2 aliphatic rings. The molecule has 10 heteroatoms. The zero-order chi connectivity index (χ0) is 23.7. The number of nitrogens with one attached hydrogen (secondary N) is 1. The molecule has 4 heterocycles. The van der Waals surface area contributed by atoms with Crippen LogP contribution in [-0.2, 0) is 23.8 Å². The van der Waals surface area contributed by atoms with Crippen LogP contribution in [0.25, 0.3) is 0 Å². The molecule has 0 saturated carbocycles. The Morgan fingerprint density at radius 1 is 1.15 bits per heavy atom. The van der Waals surface area contributed by atoms with Crippen molar-refractivity contribution < 1.29 is 18.0 Å². The van der Waals surface area contributed by atoms with Gasteiger partial charge in [-0.05, 0) is 54.1 Å². The summed E-state index contributed by atoms with van der Waals surface area (Å²) in [5.74, 6) is -0.0199. The van der Waals surface area contributed by atoms with Gasteiger partial charge in [0.1, 0.15) is 0 Å². The molecule has 0 bridgehead atoms. The van der Waals surface area contributed by atoms with E-state index in [-0.39, 0.29) is 18.4 Å². The largest absolute Gasteiger partial charge is 0.416 e. The monoisotopic (exact) mass is 487 g/mol. The SMILES string of the molecule is O=C(NCCc1cccs1)[C@H]1Cc2cc(C(F)(F)F)ccc2N2CCN(c3ncccn3)C[C@@H]12. The van der Waals surface area contributed by atoms with Crippen LogP contribution >= 0.6 is 11.3 Å². The lowest BCUT2D eigenvalue weighted by atomic mass is 9.82. The number of amides is 1. The van der Waals surface area contributed by atoms with E-state index in [0.717, 1.165) is 18.2 Å². The van der Waals surface area contributed by atoms with Gasteiger partial charge in [0.15, 0.2) is 0 Å². The molecule has 6 nitrogen and oxygen atoms in total. The summed E-state index contributed by atoms with van der Waals surface area (Å²) < 4.78 is 40.1. The maximum Gasteiger partial charge on any atom is 0.416 e. The number of alkyl halides is 3. The molecule has 1 N–H and O–H groups in total. The van der Waals surface area contributed by atoms with E-state index in [2.05, 4.69) is 20.2 Å². The zero-order valence-electron chi connectivity index (χ0n) is 18.3. The second kappa shape index (κ2) is 9.25. The van der Waals surface area contributed by atoms with Crippen molar-refractivity contribution in [2.24, 2.45) is 5.92 Å². The van der Waals surface area contributed by atoms with Gasteiger partial charge in [0, 0.05) is 49.1 Å². The van der Waals surface area contributed by atoms with Crippen LogP contribution in [0, 0.1) is 5.92 Å². The van der Waals surface area contributed by atoms with Crippen LogP contribution in [0.5, 0.6) is 0 Å². The summed E-state index contributed by atoms with van der Waals surface area (Å²) in [5.41, 5.74) is 0.654. The van der Waals surface area contributed by atoms with E-state index >= 15 is 0 Å². The second-order valence-corrected chi connectivity index (χ2v) is 9.56. The summed E-state index contributed by atoms with van der Waals surface area (Å²) in [6, 6.07) is 9.42. The third kappa shape index (κ3) is 4.59. The molecule has 0 unspecified atom stereocenters. The predicted octanol–water partition coefficient (Wildman–Crippen LogP) is 3.78. The second-order valence-electron chi connectivity index (χ2n) is 8.53. The Balaban J connectivity index is 1.41. The number of rotatable bonds is 5. The Morgan fingerprint density at radius 3 is 2.71 bits per heavy atom. The molecule has 1 saturated heterocycles. The summed E-state index contributed by atoms with van der Waals surface area (Å²) in [5, 5.41) is 5.02. The van der Waals surface area contributed by atoms with Crippen LogP contribution in [0.3, 0.4) is 0 Å². The average molecular weight is 488 g/mol. The number of piperazine rings is 1. The molecule has 3 aromatic rings. The average Bonchev–Trinajstić information content (AvgIpc) is 3.36. The van der Waals surface area contributed by atoms with Crippen LogP contribution in [0.2, 0.25) is 0 Å². The van der Waals surface area contributed by atoms with Crippen molar-refractivity contribution in [3.8, 4) is 0 Å². The molecule has 34 heavy (non-hydrogen) atoms. The third-order valence-electron chi connectivity index (χ3n) is 6.46. The molecule has 0 aliphatic carbocycles. The Morgan fingerprint density at radius 2 is 1.97 bits per heavy atom. The molecule has 5 rings (SSSR count). The molecule has 0 spiro atoms. The van der Waals surface area contributed by atoms with Gasteiger partial charge in [-0.25, -0.2) is 9.97 Å². The molecule has 2 atom stereocenters.